The molecule has 0 unspecified atom stereocenters. The molecule has 0 bridgehead atoms. The van der Waals surface area contributed by atoms with Crippen LogP contribution in [0.3, 0.4) is 0 Å². The fraction of sp³-hybridized carbons (Fsp3) is 0.200. The lowest BCUT2D eigenvalue weighted by Crippen LogP contribution is -1.97. The third kappa shape index (κ3) is 2.73. The van der Waals surface area contributed by atoms with Crippen molar-refractivity contribution in [3.05, 3.63) is 53.1 Å². The van der Waals surface area contributed by atoms with Gasteiger partial charge in [0, 0.05) is 24.2 Å². The molecule has 4 aromatic rings. The van der Waals surface area contributed by atoms with Gasteiger partial charge >= 0.3 is 0 Å². The lowest BCUT2D eigenvalue weighted by Gasteiger charge is -1.98. The normalized spacial score (nSPS) is 11.4. The Morgan fingerprint density at radius 1 is 1.17 bits per heavy atom. The number of fused-ring (bicyclic) bond motifs is 1. The molecular formula is C15H13ClN6S. The summed E-state index contributed by atoms with van der Waals surface area (Å²) < 4.78 is 3.68. The standard InChI is InChI=1S/C15H13ClN6S/c1-2-21-9-11(8-17-21)14-20-22-13(18-19-15(22)23-14)7-10-3-5-12(16)6-4-10/h3-6,8-9H,2,7H2,1H3. The van der Waals surface area contributed by atoms with Crippen molar-refractivity contribution in [2.24, 2.45) is 0 Å². The van der Waals surface area contributed by atoms with Gasteiger partial charge in [0.05, 0.1) is 11.8 Å². The van der Waals surface area contributed by atoms with E-state index in [1.807, 2.05) is 41.3 Å². The van der Waals surface area contributed by atoms with E-state index in [1.54, 1.807) is 4.52 Å². The largest absolute Gasteiger partial charge is 0.272 e. The Balaban J connectivity index is 1.67. The molecule has 3 aromatic heterocycles. The van der Waals surface area contributed by atoms with Gasteiger partial charge in [-0.15, -0.1) is 10.2 Å². The van der Waals surface area contributed by atoms with Crippen LogP contribution in [0.5, 0.6) is 0 Å². The van der Waals surface area contributed by atoms with Gasteiger partial charge in [0.2, 0.25) is 4.96 Å². The van der Waals surface area contributed by atoms with Gasteiger partial charge in [-0.25, -0.2) is 0 Å². The van der Waals surface area contributed by atoms with E-state index in [-0.39, 0.29) is 0 Å². The van der Waals surface area contributed by atoms with Crippen LogP contribution in [-0.4, -0.2) is 29.6 Å². The number of aromatic nitrogens is 6. The molecule has 0 spiro atoms. The maximum atomic E-state index is 5.92. The zero-order valence-corrected chi connectivity index (χ0v) is 13.9. The molecule has 0 N–H and O–H groups in total. The molecule has 116 valence electrons. The molecule has 4 rings (SSSR count). The van der Waals surface area contributed by atoms with Gasteiger partial charge in [-0.05, 0) is 24.6 Å². The molecule has 0 aliphatic heterocycles. The van der Waals surface area contributed by atoms with Gasteiger partial charge in [0.15, 0.2) is 10.8 Å². The quantitative estimate of drug-likeness (QED) is 0.570. The van der Waals surface area contributed by atoms with Gasteiger partial charge in [-0.2, -0.15) is 14.7 Å². The molecule has 0 atom stereocenters. The minimum absolute atomic E-state index is 0.662. The number of rotatable bonds is 4. The first kappa shape index (κ1) is 14.3. The topological polar surface area (TPSA) is 60.9 Å². The molecule has 0 amide bonds. The molecule has 6 nitrogen and oxygen atoms in total. The summed E-state index contributed by atoms with van der Waals surface area (Å²) in [5.41, 5.74) is 2.12. The third-order valence-corrected chi connectivity index (χ3v) is 4.73. The van der Waals surface area contributed by atoms with E-state index in [0.717, 1.165) is 38.5 Å². The van der Waals surface area contributed by atoms with Gasteiger partial charge in [-0.1, -0.05) is 35.1 Å². The SMILES string of the molecule is CCn1cc(-c2nn3c(Cc4ccc(Cl)cc4)nnc3s2)cn1. The van der Waals surface area contributed by atoms with Crippen LogP contribution >= 0.6 is 22.9 Å². The van der Waals surface area contributed by atoms with E-state index in [1.165, 1.54) is 11.3 Å². The average molecular weight is 345 g/mol. The van der Waals surface area contributed by atoms with E-state index >= 15 is 0 Å². The molecule has 0 aliphatic carbocycles. The summed E-state index contributed by atoms with van der Waals surface area (Å²) in [7, 11) is 0. The summed E-state index contributed by atoms with van der Waals surface area (Å²) >= 11 is 7.43. The van der Waals surface area contributed by atoms with Crippen LogP contribution in [-0.2, 0) is 13.0 Å². The van der Waals surface area contributed by atoms with Crippen LogP contribution in [0.25, 0.3) is 15.5 Å². The van der Waals surface area contributed by atoms with Crippen molar-refractivity contribution in [3.63, 3.8) is 0 Å². The molecule has 0 saturated heterocycles. The van der Waals surface area contributed by atoms with E-state index in [2.05, 4.69) is 27.3 Å². The molecule has 1 aromatic carbocycles. The zero-order chi connectivity index (χ0) is 15.8. The van der Waals surface area contributed by atoms with E-state index < -0.39 is 0 Å². The number of aryl methyl sites for hydroxylation is 1. The second-order valence-electron chi connectivity index (χ2n) is 5.11. The van der Waals surface area contributed by atoms with Gasteiger partial charge in [0.25, 0.3) is 0 Å². The second kappa shape index (κ2) is 5.75. The minimum Gasteiger partial charge on any atom is -0.272 e. The Bertz CT molecular complexity index is 952. The maximum absolute atomic E-state index is 5.92. The van der Waals surface area contributed by atoms with Gasteiger partial charge in [0.1, 0.15) is 0 Å². The van der Waals surface area contributed by atoms with Crippen molar-refractivity contribution < 1.29 is 0 Å². The fourth-order valence-corrected chi connectivity index (χ4v) is 3.28. The van der Waals surface area contributed by atoms with Crippen LogP contribution in [0.1, 0.15) is 18.3 Å². The molecule has 0 saturated carbocycles. The number of hydrogen-bond donors (Lipinski definition) is 0. The maximum Gasteiger partial charge on any atom is 0.234 e. The first-order valence-corrected chi connectivity index (χ1v) is 8.41. The van der Waals surface area contributed by atoms with Crippen LogP contribution in [0, 0.1) is 0 Å². The summed E-state index contributed by atoms with van der Waals surface area (Å²) in [6, 6.07) is 7.73. The molecule has 3 heterocycles. The average Bonchev–Trinajstić information content (AvgIpc) is 3.25. The van der Waals surface area contributed by atoms with Crippen molar-refractivity contribution in [1.82, 2.24) is 29.6 Å². The highest BCUT2D eigenvalue weighted by Gasteiger charge is 2.14. The molecule has 0 aliphatic rings. The van der Waals surface area contributed by atoms with Gasteiger partial charge in [-0.3, -0.25) is 4.68 Å². The Hall–Kier alpha value is -2.25. The first-order valence-electron chi connectivity index (χ1n) is 7.21. The molecular weight excluding hydrogens is 332 g/mol. The van der Waals surface area contributed by atoms with Crippen molar-refractivity contribution in [2.45, 2.75) is 19.9 Å². The highest BCUT2D eigenvalue weighted by Crippen LogP contribution is 2.25. The van der Waals surface area contributed by atoms with E-state index in [0.29, 0.717) is 6.42 Å². The van der Waals surface area contributed by atoms with Crippen LogP contribution in [0.2, 0.25) is 5.02 Å². The van der Waals surface area contributed by atoms with Crippen molar-refractivity contribution in [3.8, 4) is 10.6 Å². The summed E-state index contributed by atoms with van der Waals surface area (Å²) in [6.07, 6.45) is 4.48. The minimum atomic E-state index is 0.662. The van der Waals surface area contributed by atoms with Crippen molar-refractivity contribution in [2.75, 3.05) is 0 Å². The number of halogens is 1. The number of hydrogen-bond acceptors (Lipinski definition) is 5. The monoisotopic (exact) mass is 344 g/mol. The molecule has 0 fully saturated rings. The number of nitrogens with zero attached hydrogens (tertiary/aromatic N) is 6. The Labute approximate surface area is 141 Å². The van der Waals surface area contributed by atoms with Gasteiger partial charge < -0.3 is 0 Å². The van der Waals surface area contributed by atoms with E-state index in [9.17, 15) is 0 Å². The highest BCUT2D eigenvalue weighted by atomic mass is 35.5. The molecule has 0 radical (unpaired) electrons. The Morgan fingerprint density at radius 3 is 2.74 bits per heavy atom. The molecule has 23 heavy (non-hydrogen) atoms. The Morgan fingerprint density at radius 2 is 2.00 bits per heavy atom. The second-order valence-corrected chi connectivity index (χ2v) is 6.50. The fourth-order valence-electron chi connectivity index (χ4n) is 2.32. The summed E-state index contributed by atoms with van der Waals surface area (Å²) in [5.74, 6) is 0.813. The lowest BCUT2D eigenvalue weighted by molar-refractivity contribution is 0.660. The lowest BCUT2D eigenvalue weighted by atomic mass is 10.1. The third-order valence-electron chi connectivity index (χ3n) is 3.54. The van der Waals surface area contributed by atoms with Crippen LogP contribution in [0.4, 0.5) is 0 Å². The van der Waals surface area contributed by atoms with E-state index in [4.69, 9.17) is 11.6 Å². The van der Waals surface area contributed by atoms with Crippen LogP contribution in [0.15, 0.2) is 36.7 Å². The summed E-state index contributed by atoms with van der Waals surface area (Å²) in [6.45, 7) is 2.89. The van der Waals surface area contributed by atoms with Crippen molar-refractivity contribution in [1.29, 1.82) is 0 Å². The summed E-state index contributed by atoms with van der Waals surface area (Å²) in [5, 5.41) is 19.0. The summed E-state index contributed by atoms with van der Waals surface area (Å²) in [4.78, 5) is 0.785. The smallest absolute Gasteiger partial charge is 0.234 e. The highest BCUT2D eigenvalue weighted by molar-refractivity contribution is 7.19. The van der Waals surface area contributed by atoms with Crippen LogP contribution < -0.4 is 0 Å². The predicted molar refractivity (Wildman–Crippen MR) is 89.8 cm³/mol. The Kier molecular flexibility index (Phi) is 3.59. The predicted octanol–water partition coefficient (Wildman–Crippen LogP) is 3.31. The number of benzene rings is 1. The zero-order valence-electron chi connectivity index (χ0n) is 12.3. The molecule has 8 heteroatoms. The van der Waals surface area contributed by atoms with Crippen molar-refractivity contribution >= 4 is 27.9 Å². The first-order chi connectivity index (χ1) is 11.2.